The number of carbonyl (C=O) groups excluding carboxylic acids is 2. The van der Waals surface area contributed by atoms with E-state index in [0.717, 1.165) is 34.5 Å². The molecule has 2 amide bonds. The lowest BCUT2D eigenvalue weighted by molar-refractivity contribution is 0.0987. The Morgan fingerprint density at radius 2 is 1.90 bits per heavy atom. The lowest BCUT2D eigenvalue weighted by Crippen LogP contribution is -2.28. The normalized spacial score (nSPS) is 12.6. The van der Waals surface area contributed by atoms with Crippen LogP contribution in [0.3, 0.4) is 0 Å². The molecule has 6 heteroatoms. The maximum Gasteiger partial charge on any atom is 0.266 e. The Morgan fingerprint density at radius 1 is 1.06 bits per heavy atom. The molecule has 31 heavy (non-hydrogen) atoms. The molecule has 0 saturated carbocycles. The van der Waals surface area contributed by atoms with Gasteiger partial charge < -0.3 is 14.6 Å². The fourth-order valence-electron chi connectivity index (χ4n) is 3.87. The molecule has 5 nitrogen and oxygen atoms in total. The van der Waals surface area contributed by atoms with Crippen molar-refractivity contribution in [1.29, 1.82) is 0 Å². The van der Waals surface area contributed by atoms with Crippen molar-refractivity contribution in [3.05, 3.63) is 94.1 Å². The van der Waals surface area contributed by atoms with Crippen molar-refractivity contribution >= 4 is 34.5 Å². The summed E-state index contributed by atoms with van der Waals surface area (Å²) in [6.45, 7) is 2.65. The summed E-state index contributed by atoms with van der Waals surface area (Å²) in [4.78, 5) is 28.1. The summed E-state index contributed by atoms with van der Waals surface area (Å²) < 4.78 is 5.03. The number of furan rings is 1. The molecule has 0 spiro atoms. The Hall–Kier alpha value is -3.64. The number of thiophene rings is 1. The van der Waals surface area contributed by atoms with Gasteiger partial charge in [0.2, 0.25) is 0 Å². The van der Waals surface area contributed by atoms with Crippen LogP contribution < -0.4 is 10.2 Å². The van der Waals surface area contributed by atoms with Crippen molar-refractivity contribution in [2.45, 2.75) is 13.3 Å². The van der Waals surface area contributed by atoms with Crippen LogP contribution in [0.1, 0.15) is 31.2 Å². The molecule has 0 fully saturated rings. The van der Waals surface area contributed by atoms with Crippen LogP contribution in [0.25, 0.3) is 11.1 Å². The van der Waals surface area contributed by atoms with E-state index >= 15 is 0 Å². The van der Waals surface area contributed by atoms with Crippen molar-refractivity contribution in [2.24, 2.45) is 0 Å². The molecule has 2 aromatic heterocycles. The predicted octanol–water partition coefficient (Wildman–Crippen LogP) is 5.77. The van der Waals surface area contributed by atoms with Crippen LogP contribution in [-0.4, -0.2) is 18.4 Å². The number of hydrogen-bond acceptors (Lipinski definition) is 4. The SMILES string of the molecule is Cc1ccc(-c2ccsc2C(=O)Nc2ccc3c(c2)CCN3C(=O)c2ccoc2)cc1. The number of rotatable bonds is 4. The van der Waals surface area contributed by atoms with Crippen molar-refractivity contribution in [3.63, 3.8) is 0 Å². The van der Waals surface area contributed by atoms with Crippen LogP contribution in [0.2, 0.25) is 0 Å². The minimum Gasteiger partial charge on any atom is -0.472 e. The van der Waals surface area contributed by atoms with Crippen LogP contribution in [0.4, 0.5) is 11.4 Å². The zero-order valence-corrected chi connectivity index (χ0v) is 17.7. The number of amides is 2. The average Bonchev–Trinajstić information content (AvgIpc) is 3.53. The number of fused-ring (bicyclic) bond motifs is 1. The molecule has 1 aliphatic heterocycles. The summed E-state index contributed by atoms with van der Waals surface area (Å²) in [5.41, 5.74) is 6.32. The number of nitrogens with one attached hydrogen (secondary N) is 1. The van der Waals surface area contributed by atoms with E-state index in [2.05, 4.69) is 5.32 Å². The van der Waals surface area contributed by atoms with E-state index in [1.165, 1.54) is 29.4 Å². The zero-order chi connectivity index (χ0) is 21.4. The molecule has 0 radical (unpaired) electrons. The van der Waals surface area contributed by atoms with Gasteiger partial charge in [0.1, 0.15) is 6.26 Å². The van der Waals surface area contributed by atoms with Crippen LogP contribution in [-0.2, 0) is 6.42 Å². The molecule has 1 N–H and O–H groups in total. The first-order valence-electron chi connectivity index (χ1n) is 10.0. The molecule has 0 bridgehead atoms. The molecule has 2 aromatic carbocycles. The maximum atomic E-state index is 13.0. The van der Waals surface area contributed by atoms with Gasteiger partial charge in [-0.25, -0.2) is 0 Å². The largest absolute Gasteiger partial charge is 0.472 e. The van der Waals surface area contributed by atoms with E-state index in [1.807, 2.05) is 60.8 Å². The van der Waals surface area contributed by atoms with Gasteiger partial charge in [0, 0.05) is 23.5 Å². The molecule has 0 atom stereocenters. The summed E-state index contributed by atoms with van der Waals surface area (Å²) in [5.74, 6) is -0.208. The first-order chi connectivity index (χ1) is 15.1. The molecule has 0 saturated heterocycles. The molecule has 154 valence electrons. The van der Waals surface area contributed by atoms with Gasteiger partial charge >= 0.3 is 0 Å². The second-order valence-corrected chi connectivity index (χ2v) is 8.46. The van der Waals surface area contributed by atoms with E-state index in [4.69, 9.17) is 4.42 Å². The summed E-state index contributed by atoms with van der Waals surface area (Å²) in [7, 11) is 0. The third-order valence-electron chi connectivity index (χ3n) is 5.48. The van der Waals surface area contributed by atoms with E-state index < -0.39 is 0 Å². The lowest BCUT2D eigenvalue weighted by atomic mass is 10.0. The Balaban J connectivity index is 1.35. The van der Waals surface area contributed by atoms with Crippen LogP contribution in [0.15, 0.2) is 76.9 Å². The number of benzene rings is 2. The van der Waals surface area contributed by atoms with E-state index in [1.54, 1.807) is 11.0 Å². The Bertz CT molecular complexity index is 1260. The van der Waals surface area contributed by atoms with Gasteiger partial charge in [-0.1, -0.05) is 29.8 Å². The first-order valence-corrected chi connectivity index (χ1v) is 10.9. The highest BCUT2D eigenvalue weighted by molar-refractivity contribution is 7.12. The topological polar surface area (TPSA) is 62.6 Å². The predicted molar refractivity (Wildman–Crippen MR) is 123 cm³/mol. The van der Waals surface area contributed by atoms with Crippen molar-refractivity contribution in [2.75, 3.05) is 16.8 Å². The maximum absolute atomic E-state index is 13.0. The zero-order valence-electron chi connectivity index (χ0n) is 16.9. The van der Waals surface area contributed by atoms with Gasteiger partial charge in [0.05, 0.1) is 16.7 Å². The van der Waals surface area contributed by atoms with Gasteiger partial charge in [-0.2, -0.15) is 0 Å². The molecule has 3 heterocycles. The van der Waals surface area contributed by atoms with E-state index in [0.29, 0.717) is 17.0 Å². The number of aryl methyl sites for hydroxylation is 1. The lowest BCUT2D eigenvalue weighted by Gasteiger charge is -2.16. The minimum absolute atomic E-state index is 0.0781. The fraction of sp³-hybridized carbons (Fsp3) is 0.120. The summed E-state index contributed by atoms with van der Waals surface area (Å²) >= 11 is 1.43. The molecule has 4 aromatic rings. The monoisotopic (exact) mass is 428 g/mol. The van der Waals surface area contributed by atoms with Crippen molar-refractivity contribution < 1.29 is 14.0 Å². The van der Waals surface area contributed by atoms with Gasteiger partial charge in [-0.15, -0.1) is 11.3 Å². The summed E-state index contributed by atoms with van der Waals surface area (Å²) in [6, 6.07) is 17.5. The first kappa shape index (κ1) is 19.3. The summed E-state index contributed by atoms with van der Waals surface area (Å²) in [5, 5.41) is 4.96. The van der Waals surface area contributed by atoms with Crippen LogP contribution in [0, 0.1) is 6.92 Å². The third-order valence-corrected chi connectivity index (χ3v) is 6.39. The Labute approximate surface area is 183 Å². The molecule has 5 rings (SSSR count). The minimum atomic E-state index is -0.130. The highest BCUT2D eigenvalue weighted by atomic mass is 32.1. The Kier molecular flexibility index (Phi) is 4.92. The quantitative estimate of drug-likeness (QED) is 0.449. The highest BCUT2D eigenvalue weighted by Crippen LogP contribution is 2.33. The number of anilines is 2. The van der Waals surface area contributed by atoms with Gasteiger partial charge in [-0.05, 0) is 60.2 Å². The number of nitrogens with zero attached hydrogens (tertiary/aromatic N) is 1. The standard InChI is InChI=1S/C25H20N2O3S/c1-16-2-4-17(5-3-16)21-10-13-31-23(21)24(28)26-20-6-7-22-18(14-20)8-11-27(22)25(29)19-9-12-30-15-19/h2-7,9-10,12-15H,8,11H2,1H3,(H,26,28). The van der Waals surface area contributed by atoms with Gasteiger partial charge in [0.15, 0.2) is 0 Å². The van der Waals surface area contributed by atoms with E-state index in [-0.39, 0.29) is 11.8 Å². The van der Waals surface area contributed by atoms with Crippen LogP contribution in [0.5, 0.6) is 0 Å². The van der Waals surface area contributed by atoms with Crippen molar-refractivity contribution in [1.82, 2.24) is 0 Å². The second-order valence-electron chi connectivity index (χ2n) is 7.55. The van der Waals surface area contributed by atoms with Crippen LogP contribution >= 0.6 is 11.3 Å². The molecule has 0 unspecified atom stereocenters. The fourth-order valence-corrected chi connectivity index (χ4v) is 4.68. The van der Waals surface area contributed by atoms with Gasteiger partial charge in [0.25, 0.3) is 11.8 Å². The number of carbonyl (C=O) groups is 2. The molecule has 1 aliphatic rings. The smallest absolute Gasteiger partial charge is 0.266 e. The molecular formula is C25H20N2O3S. The Morgan fingerprint density at radius 3 is 2.68 bits per heavy atom. The second kappa shape index (κ2) is 7.89. The third kappa shape index (κ3) is 3.66. The van der Waals surface area contributed by atoms with Crippen molar-refractivity contribution in [3.8, 4) is 11.1 Å². The van der Waals surface area contributed by atoms with Gasteiger partial charge in [-0.3, -0.25) is 9.59 Å². The molecule has 0 aliphatic carbocycles. The number of hydrogen-bond donors (Lipinski definition) is 1. The summed E-state index contributed by atoms with van der Waals surface area (Å²) in [6.07, 6.45) is 3.70. The molecular weight excluding hydrogens is 408 g/mol. The average molecular weight is 429 g/mol. The highest BCUT2D eigenvalue weighted by Gasteiger charge is 2.26. The van der Waals surface area contributed by atoms with E-state index in [9.17, 15) is 9.59 Å².